The number of hydrogen-bond donors (Lipinski definition) is 0. The smallest absolute Gasteiger partial charge is 0.257 e. The van der Waals surface area contributed by atoms with Gasteiger partial charge >= 0.3 is 0 Å². The molecule has 25 heavy (non-hydrogen) atoms. The van der Waals surface area contributed by atoms with E-state index in [4.69, 9.17) is 4.74 Å². The molecule has 1 atom stereocenters. The third-order valence-corrected chi connectivity index (χ3v) is 5.47. The summed E-state index contributed by atoms with van der Waals surface area (Å²) in [6, 6.07) is 0. The Bertz CT molecular complexity index is 632. The van der Waals surface area contributed by atoms with E-state index in [1.807, 2.05) is 11.9 Å². The molecule has 2 aliphatic heterocycles. The fraction of sp³-hybridized carbons (Fsp3) is 0.722. The summed E-state index contributed by atoms with van der Waals surface area (Å²) in [5, 5.41) is 4.08. The number of carbonyl (C=O) groups is 2. The van der Waals surface area contributed by atoms with Crippen LogP contribution in [0.15, 0.2) is 12.4 Å². The van der Waals surface area contributed by atoms with E-state index in [2.05, 4.69) is 5.10 Å². The van der Waals surface area contributed by atoms with Crippen LogP contribution >= 0.6 is 0 Å². The standard InChI is InChI=1S/C18H28N4O3/c1-20(2)16(23)10-14-4-9-25-18(11-14)5-7-22(8-6-18)17(24)15-12-19-21(3)13-15/h12-14H,4-11H2,1-3H3. The molecule has 2 fully saturated rings. The summed E-state index contributed by atoms with van der Waals surface area (Å²) in [5.41, 5.74) is 0.471. The van der Waals surface area contributed by atoms with Gasteiger partial charge in [0.25, 0.3) is 5.91 Å². The molecule has 1 unspecified atom stereocenters. The summed E-state index contributed by atoms with van der Waals surface area (Å²) in [6.45, 7) is 2.10. The van der Waals surface area contributed by atoms with Gasteiger partial charge in [-0.1, -0.05) is 0 Å². The highest BCUT2D eigenvalue weighted by molar-refractivity contribution is 5.93. The van der Waals surface area contributed by atoms with E-state index in [1.54, 1.807) is 36.1 Å². The maximum Gasteiger partial charge on any atom is 0.257 e. The first kappa shape index (κ1) is 17.9. The molecule has 0 radical (unpaired) electrons. The molecule has 0 saturated carbocycles. The van der Waals surface area contributed by atoms with Crippen molar-refractivity contribution in [3.05, 3.63) is 18.0 Å². The van der Waals surface area contributed by atoms with Crippen molar-refractivity contribution in [2.24, 2.45) is 13.0 Å². The second kappa shape index (κ2) is 7.15. The van der Waals surface area contributed by atoms with E-state index in [9.17, 15) is 9.59 Å². The highest BCUT2D eigenvalue weighted by Crippen LogP contribution is 2.39. The zero-order valence-electron chi connectivity index (χ0n) is 15.4. The summed E-state index contributed by atoms with van der Waals surface area (Å²) >= 11 is 0. The number of nitrogens with zero attached hydrogens (tertiary/aromatic N) is 4. The van der Waals surface area contributed by atoms with Crippen LogP contribution in [0.3, 0.4) is 0 Å². The second-order valence-corrected chi connectivity index (χ2v) is 7.58. The van der Waals surface area contributed by atoms with Gasteiger partial charge in [-0.25, -0.2) is 0 Å². The minimum absolute atomic E-state index is 0.0399. The Hall–Kier alpha value is -1.89. The van der Waals surface area contributed by atoms with Crippen LogP contribution in [0.5, 0.6) is 0 Å². The van der Waals surface area contributed by atoms with Gasteiger partial charge in [-0.15, -0.1) is 0 Å². The molecule has 3 rings (SSSR count). The maximum absolute atomic E-state index is 12.6. The SMILES string of the molecule is CN(C)C(=O)CC1CCOC2(CCN(C(=O)c3cnn(C)c3)CC2)C1. The number of rotatable bonds is 3. The summed E-state index contributed by atoms with van der Waals surface area (Å²) < 4.78 is 7.79. The molecule has 138 valence electrons. The van der Waals surface area contributed by atoms with Gasteiger partial charge in [-0.05, 0) is 31.6 Å². The number of ether oxygens (including phenoxy) is 1. The molecule has 7 heteroatoms. The van der Waals surface area contributed by atoms with Gasteiger partial charge in [-0.2, -0.15) is 5.10 Å². The molecule has 2 aliphatic rings. The van der Waals surface area contributed by atoms with Gasteiger partial charge in [0, 0.05) is 53.5 Å². The van der Waals surface area contributed by atoms with Crippen LogP contribution in [0, 0.1) is 5.92 Å². The number of aryl methyl sites for hydroxylation is 1. The predicted molar refractivity (Wildman–Crippen MR) is 93.1 cm³/mol. The lowest BCUT2D eigenvalue weighted by Crippen LogP contribution is -2.51. The number of carbonyl (C=O) groups excluding carboxylic acids is 2. The van der Waals surface area contributed by atoms with Crippen molar-refractivity contribution in [3.8, 4) is 0 Å². The number of likely N-dealkylation sites (tertiary alicyclic amines) is 1. The van der Waals surface area contributed by atoms with Gasteiger partial charge in [0.2, 0.25) is 5.91 Å². The first-order chi connectivity index (χ1) is 11.9. The average molecular weight is 348 g/mol. The zero-order valence-corrected chi connectivity index (χ0v) is 15.4. The molecule has 1 aromatic rings. The minimum Gasteiger partial charge on any atom is -0.375 e. The van der Waals surface area contributed by atoms with Crippen LogP contribution in [-0.4, -0.2) is 70.8 Å². The summed E-state index contributed by atoms with van der Waals surface area (Å²) in [7, 11) is 5.42. The molecule has 2 amide bonds. The predicted octanol–water partition coefficient (Wildman–Crippen LogP) is 1.30. The Morgan fingerprint density at radius 3 is 2.68 bits per heavy atom. The fourth-order valence-corrected chi connectivity index (χ4v) is 3.91. The monoisotopic (exact) mass is 348 g/mol. The second-order valence-electron chi connectivity index (χ2n) is 7.58. The van der Waals surface area contributed by atoms with Crippen molar-refractivity contribution in [3.63, 3.8) is 0 Å². The van der Waals surface area contributed by atoms with Gasteiger partial charge in [0.1, 0.15) is 0 Å². The van der Waals surface area contributed by atoms with Crippen LogP contribution < -0.4 is 0 Å². The summed E-state index contributed by atoms with van der Waals surface area (Å²) in [4.78, 5) is 28.1. The molecule has 0 N–H and O–H groups in total. The van der Waals surface area contributed by atoms with Crippen LogP contribution in [0.4, 0.5) is 0 Å². The number of hydrogen-bond acceptors (Lipinski definition) is 4. The topological polar surface area (TPSA) is 67.7 Å². The maximum atomic E-state index is 12.6. The van der Waals surface area contributed by atoms with E-state index >= 15 is 0 Å². The molecular weight excluding hydrogens is 320 g/mol. The first-order valence-corrected chi connectivity index (χ1v) is 9.01. The van der Waals surface area contributed by atoms with Crippen molar-refractivity contribution >= 4 is 11.8 Å². The number of piperidine rings is 1. The lowest BCUT2D eigenvalue weighted by molar-refractivity contribution is -0.139. The summed E-state index contributed by atoms with van der Waals surface area (Å²) in [5.74, 6) is 0.605. The Morgan fingerprint density at radius 1 is 1.36 bits per heavy atom. The molecule has 0 bridgehead atoms. The van der Waals surface area contributed by atoms with Gasteiger partial charge < -0.3 is 14.5 Å². The quantitative estimate of drug-likeness (QED) is 0.826. The Morgan fingerprint density at radius 2 is 2.08 bits per heavy atom. The lowest BCUT2D eigenvalue weighted by atomic mass is 9.78. The molecule has 1 aromatic heterocycles. The highest BCUT2D eigenvalue weighted by atomic mass is 16.5. The van der Waals surface area contributed by atoms with Crippen LogP contribution in [0.2, 0.25) is 0 Å². The largest absolute Gasteiger partial charge is 0.375 e. The minimum atomic E-state index is -0.165. The summed E-state index contributed by atoms with van der Waals surface area (Å²) in [6.07, 6.45) is 7.51. The average Bonchev–Trinajstić information content (AvgIpc) is 3.01. The Labute approximate surface area is 148 Å². The van der Waals surface area contributed by atoms with Crippen molar-refractivity contribution in [1.29, 1.82) is 0 Å². The molecule has 2 saturated heterocycles. The van der Waals surface area contributed by atoms with Crippen molar-refractivity contribution in [2.75, 3.05) is 33.8 Å². The molecule has 7 nitrogen and oxygen atoms in total. The van der Waals surface area contributed by atoms with E-state index in [-0.39, 0.29) is 17.4 Å². The van der Waals surface area contributed by atoms with Crippen molar-refractivity contribution < 1.29 is 14.3 Å². The Kier molecular flexibility index (Phi) is 5.13. The molecule has 1 spiro atoms. The molecule has 3 heterocycles. The lowest BCUT2D eigenvalue weighted by Gasteiger charge is -2.46. The van der Waals surface area contributed by atoms with Crippen LogP contribution in [-0.2, 0) is 16.6 Å². The van der Waals surface area contributed by atoms with Gasteiger partial charge in [0.15, 0.2) is 0 Å². The third kappa shape index (κ3) is 4.03. The van der Waals surface area contributed by atoms with E-state index in [0.717, 1.165) is 25.7 Å². The Balaban J connectivity index is 1.57. The van der Waals surface area contributed by atoms with Gasteiger partial charge in [-0.3, -0.25) is 14.3 Å². The van der Waals surface area contributed by atoms with Crippen molar-refractivity contribution in [2.45, 2.75) is 37.7 Å². The van der Waals surface area contributed by atoms with E-state index in [0.29, 0.717) is 37.6 Å². The normalized spacial score (nSPS) is 22.8. The zero-order chi connectivity index (χ0) is 18.0. The fourth-order valence-electron chi connectivity index (χ4n) is 3.91. The molecular formula is C18H28N4O3. The van der Waals surface area contributed by atoms with Crippen LogP contribution in [0.25, 0.3) is 0 Å². The number of amides is 2. The van der Waals surface area contributed by atoms with E-state index in [1.165, 1.54) is 0 Å². The number of aromatic nitrogens is 2. The molecule has 0 aliphatic carbocycles. The van der Waals surface area contributed by atoms with Crippen LogP contribution in [0.1, 0.15) is 42.5 Å². The third-order valence-electron chi connectivity index (χ3n) is 5.47. The van der Waals surface area contributed by atoms with E-state index < -0.39 is 0 Å². The molecule has 0 aromatic carbocycles. The highest BCUT2D eigenvalue weighted by Gasteiger charge is 2.41. The first-order valence-electron chi connectivity index (χ1n) is 9.01. The van der Waals surface area contributed by atoms with Crippen molar-refractivity contribution in [1.82, 2.24) is 19.6 Å². The van der Waals surface area contributed by atoms with Gasteiger partial charge in [0.05, 0.1) is 17.4 Å².